The van der Waals surface area contributed by atoms with Gasteiger partial charge in [-0.05, 0) is 48.9 Å². The highest BCUT2D eigenvalue weighted by molar-refractivity contribution is 7.92. The molecule has 0 heterocycles. The minimum Gasteiger partial charge on any atom is -0.496 e. The number of carbonyl (C=O) groups is 1. The number of hydrogen-bond donors (Lipinski definition) is 2. The van der Waals surface area contributed by atoms with E-state index >= 15 is 0 Å². The number of ether oxygens (including phenoxy) is 1. The molecule has 2 rings (SSSR count). The molecule has 122 valence electrons. The zero-order valence-corrected chi connectivity index (χ0v) is 13.1. The Hall–Kier alpha value is -2.61. The van der Waals surface area contributed by atoms with Gasteiger partial charge in [-0.15, -0.1) is 0 Å². The Morgan fingerprint density at radius 1 is 1.22 bits per heavy atom. The van der Waals surface area contributed by atoms with E-state index in [2.05, 4.69) is 4.72 Å². The van der Waals surface area contributed by atoms with Crippen molar-refractivity contribution in [2.75, 3.05) is 11.8 Å². The number of carboxylic acids is 1. The van der Waals surface area contributed by atoms with Crippen LogP contribution in [-0.2, 0) is 10.0 Å². The molecule has 0 aromatic heterocycles. The fourth-order valence-corrected chi connectivity index (χ4v) is 3.12. The van der Waals surface area contributed by atoms with Gasteiger partial charge in [-0.25, -0.2) is 17.6 Å². The Labute approximate surface area is 132 Å². The van der Waals surface area contributed by atoms with E-state index in [1.54, 1.807) is 6.92 Å². The number of carboxylic acid groups (broad SMARTS) is 1. The van der Waals surface area contributed by atoms with Crippen molar-refractivity contribution in [1.29, 1.82) is 0 Å². The number of aromatic carboxylic acids is 1. The van der Waals surface area contributed by atoms with E-state index in [0.717, 1.165) is 12.1 Å². The first-order chi connectivity index (χ1) is 10.7. The summed E-state index contributed by atoms with van der Waals surface area (Å²) < 4.78 is 45.0. The number of rotatable bonds is 5. The molecule has 0 radical (unpaired) electrons. The van der Waals surface area contributed by atoms with Crippen molar-refractivity contribution in [2.45, 2.75) is 11.8 Å². The quantitative estimate of drug-likeness (QED) is 0.873. The third-order valence-corrected chi connectivity index (χ3v) is 4.51. The molecule has 0 aliphatic heterocycles. The SMILES string of the molecule is COc1ccc(S(=O)(=O)Nc2ccc(F)cc2C)cc1C(=O)O. The van der Waals surface area contributed by atoms with Crippen LogP contribution < -0.4 is 9.46 Å². The van der Waals surface area contributed by atoms with Gasteiger partial charge < -0.3 is 9.84 Å². The molecule has 0 aliphatic carbocycles. The van der Waals surface area contributed by atoms with Crippen LogP contribution in [0.4, 0.5) is 10.1 Å². The third kappa shape index (κ3) is 3.59. The summed E-state index contributed by atoms with van der Waals surface area (Å²) in [6, 6.07) is 7.10. The van der Waals surface area contributed by atoms with Crippen LogP contribution in [0.15, 0.2) is 41.3 Å². The molecular formula is C15H14FNO5S. The Kier molecular flexibility index (Phi) is 4.55. The predicted molar refractivity (Wildman–Crippen MR) is 81.9 cm³/mol. The Bertz CT molecular complexity index is 864. The molecule has 0 bridgehead atoms. The maximum atomic E-state index is 13.1. The zero-order valence-electron chi connectivity index (χ0n) is 12.3. The van der Waals surface area contributed by atoms with Crippen molar-refractivity contribution in [2.24, 2.45) is 0 Å². The van der Waals surface area contributed by atoms with E-state index in [4.69, 9.17) is 9.84 Å². The summed E-state index contributed by atoms with van der Waals surface area (Å²) in [6.45, 7) is 1.55. The molecule has 0 spiro atoms. The summed E-state index contributed by atoms with van der Waals surface area (Å²) in [5.41, 5.74) is 0.339. The third-order valence-electron chi connectivity index (χ3n) is 3.14. The highest BCUT2D eigenvalue weighted by atomic mass is 32.2. The molecule has 0 atom stereocenters. The molecule has 0 amide bonds. The van der Waals surface area contributed by atoms with Gasteiger partial charge in [-0.1, -0.05) is 0 Å². The average molecular weight is 339 g/mol. The first-order valence-corrected chi connectivity index (χ1v) is 7.93. The highest BCUT2D eigenvalue weighted by Crippen LogP contribution is 2.25. The molecule has 0 fully saturated rings. The topological polar surface area (TPSA) is 92.7 Å². The lowest BCUT2D eigenvalue weighted by atomic mass is 10.2. The van der Waals surface area contributed by atoms with E-state index in [9.17, 15) is 17.6 Å². The summed E-state index contributed by atoms with van der Waals surface area (Å²) in [6.07, 6.45) is 0. The van der Waals surface area contributed by atoms with Crippen LogP contribution in [0, 0.1) is 12.7 Å². The maximum absolute atomic E-state index is 13.1. The fourth-order valence-electron chi connectivity index (χ4n) is 1.97. The van der Waals surface area contributed by atoms with Crippen LogP contribution in [0.2, 0.25) is 0 Å². The van der Waals surface area contributed by atoms with Crippen LogP contribution >= 0.6 is 0 Å². The van der Waals surface area contributed by atoms with E-state index < -0.39 is 21.8 Å². The standard InChI is InChI=1S/C15H14FNO5S/c1-9-7-10(16)3-5-13(9)17-23(20,21)11-4-6-14(22-2)12(8-11)15(18)19/h3-8,17H,1-2H3,(H,18,19). The lowest BCUT2D eigenvalue weighted by molar-refractivity contribution is 0.0693. The molecule has 2 aromatic carbocycles. The monoisotopic (exact) mass is 339 g/mol. The van der Waals surface area contributed by atoms with Crippen LogP contribution in [-0.4, -0.2) is 26.6 Å². The molecule has 6 nitrogen and oxygen atoms in total. The number of methoxy groups -OCH3 is 1. The second-order valence-electron chi connectivity index (χ2n) is 4.73. The second kappa shape index (κ2) is 6.25. The van der Waals surface area contributed by atoms with Crippen molar-refractivity contribution in [1.82, 2.24) is 0 Å². The van der Waals surface area contributed by atoms with Gasteiger partial charge in [0.05, 0.1) is 17.7 Å². The summed E-state index contributed by atoms with van der Waals surface area (Å²) in [7, 11) is -2.73. The summed E-state index contributed by atoms with van der Waals surface area (Å²) >= 11 is 0. The Morgan fingerprint density at radius 2 is 1.91 bits per heavy atom. The minimum atomic E-state index is -4.02. The van der Waals surface area contributed by atoms with Gasteiger partial charge in [-0.3, -0.25) is 4.72 Å². The molecule has 0 aliphatic rings. The fraction of sp³-hybridized carbons (Fsp3) is 0.133. The Balaban J connectivity index is 2.43. The largest absolute Gasteiger partial charge is 0.496 e. The first kappa shape index (κ1) is 16.8. The van der Waals surface area contributed by atoms with Gasteiger partial charge in [0.1, 0.15) is 17.1 Å². The molecule has 2 aromatic rings. The summed E-state index contributed by atoms with van der Waals surface area (Å²) in [5, 5.41) is 9.11. The zero-order chi connectivity index (χ0) is 17.2. The molecule has 8 heteroatoms. The van der Waals surface area contributed by atoms with Crippen LogP contribution in [0.25, 0.3) is 0 Å². The van der Waals surface area contributed by atoms with E-state index in [-0.39, 0.29) is 21.9 Å². The Morgan fingerprint density at radius 3 is 2.48 bits per heavy atom. The van der Waals surface area contributed by atoms with Gasteiger partial charge in [0.2, 0.25) is 0 Å². The van der Waals surface area contributed by atoms with E-state index in [0.29, 0.717) is 5.56 Å². The van der Waals surface area contributed by atoms with Crippen molar-refractivity contribution in [3.05, 3.63) is 53.3 Å². The number of anilines is 1. The van der Waals surface area contributed by atoms with E-state index in [1.807, 2.05) is 0 Å². The predicted octanol–water partition coefficient (Wildman–Crippen LogP) is 2.64. The average Bonchev–Trinajstić information content (AvgIpc) is 2.49. The maximum Gasteiger partial charge on any atom is 0.339 e. The van der Waals surface area contributed by atoms with Crippen molar-refractivity contribution in [3.8, 4) is 5.75 Å². The minimum absolute atomic E-state index is 0.0504. The number of halogens is 1. The first-order valence-electron chi connectivity index (χ1n) is 6.45. The molecule has 0 unspecified atom stereocenters. The number of hydrogen-bond acceptors (Lipinski definition) is 4. The van der Waals surface area contributed by atoms with Gasteiger partial charge in [-0.2, -0.15) is 0 Å². The van der Waals surface area contributed by atoms with Crippen LogP contribution in [0.3, 0.4) is 0 Å². The molecule has 0 saturated carbocycles. The van der Waals surface area contributed by atoms with Crippen LogP contribution in [0.5, 0.6) is 5.75 Å². The van der Waals surface area contributed by atoms with E-state index in [1.165, 1.54) is 31.4 Å². The number of benzene rings is 2. The smallest absolute Gasteiger partial charge is 0.339 e. The van der Waals surface area contributed by atoms with Gasteiger partial charge >= 0.3 is 5.97 Å². The van der Waals surface area contributed by atoms with Gasteiger partial charge in [0.25, 0.3) is 10.0 Å². The normalized spacial score (nSPS) is 11.1. The second-order valence-corrected chi connectivity index (χ2v) is 6.41. The summed E-state index contributed by atoms with van der Waals surface area (Å²) in [4.78, 5) is 10.9. The number of nitrogens with one attached hydrogen (secondary N) is 1. The molecule has 23 heavy (non-hydrogen) atoms. The molecule has 2 N–H and O–H groups in total. The lowest BCUT2D eigenvalue weighted by Gasteiger charge is -2.12. The van der Waals surface area contributed by atoms with Gasteiger partial charge in [0, 0.05) is 0 Å². The van der Waals surface area contributed by atoms with Crippen LogP contribution in [0.1, 0.15) is 15.9 Å². The number of aryl methyl sites for hydroxylation is 1. The highest BCUT2D eigenvalue weighted by Gasteiger charge is 2.20. The van der Waals surface area contributed by atoms with Crippen molar-refractivity contribution in [3.63, 3.8) is 0 Å². The number of sulfonamides is 1. The van der Waals surface area contributed by atoms with Gasteiger partial charge in [0.15, 0.2) is 0 Å². The van der Waals surface area contributed by atoms with Crippen molar-refractivity contribution >= 4 is 21.7 Å². The summed E-state index contributed by atoms with van der Waals surface area (Å²) in [5.74, 6) is -1.74. The molecule has 0 saturated heterocycles. The molecular weight excluding hydrogens is 325 g/mol. The lowest BCUT2D eigenvalue weighted by Crippen LogP contribution is -2.15. The van der Waals surface area contributed by atoms with Crippen molar-refractivity contribution < 1.29 is 27.4 Å².